The zero-order valence-corrected chi connectivity index (χ0v) is 14.5. The van der Waals surface area contributed by atoms with Gasteiger partial charge in [0.15, 0.2) is 11.3 Å². The summed E-state index contributed by atoms with van der Waals surface area (Å²) in [7, 11) is 0. The Morgan fingerprint density at radius 2 is 1.19 bits per heavy atom. The zero-order valence-electron chi connectivity index (χ0n) is 14.5. The fourth-order valence-electron chi connectivity index (χ4n) is 3.19. The number of nitrogens with one attached hydrogen (secondary N) is 2. The smallest absolute Gasteiger partial charge is 0.160 e. The Morgan fingerprint density at radius 1 is 0.615 bits per heavy atom. The largest absolute Gasteiger partial charge is 0.327 e. The predicted octanol–water partition coefficient (Wildman–Crippen LogP) is 4.79. The first kappa shape index (κ1) is 14.8. The van der Waals surface area contributed by atoms with Crippen molar-refractivity contribution in [2.45, 2.75) is 13.8 Å². The molecule has 3 heterocycles. The molecule has 0 radical (unpaired) electrons. The van der Waals surface area contributed by atoms with Crippen molar-refractivity contribution in [3.8, 4) is 22.5 Å². The second-order valence-electron chi connectivity index (χ2n) is 6.57. The van der Waals surface area contributed by atoms with Crippen LogP contribution in [0.3, 0.4) is 0 Å². The van der Waals surface area contributed by atoms with Crippen molar-refractivity contribution in [3.05, 3.63) is 66.0 Å². The highest BCUT2D eigenvalue weighted by Crippen LogP contribution is 2.25. The molecule has 5 rings (SSSR count). The van der Waals surface area contributed by atoms with E-state index in [4.69, 9.17) is 0 Å². The van der Waals surface area contributed by atoms with Crippen LogP contribution in [0.4, 0.5) is 0 Å². The van der Waals surface area contributed by atoms with Crippen molar-refractivity contribution in [2.75, 3.05) is 0 Å². The Bertz CT molecular complexity index is 1180. The van der Waals surface area contributed by atoms with Crippen molar-refractivity contribution in [2.24, 2.45) is 0 Å². The van der Waals surface area contributed by atoms with Crippen LogP contribution in [0.5, 0.6) is 0 Å². The number of aryl methyl sites for hydroxylation is 2. The highest BCUT2D eigenvalue weighted by molar-refractivity contribution is 5.87. The number of rotatable bonds is 2. The highest BCUT2D eigenvalue weighted by Gasteiger charge is 2.10. The van der Waals surface area contributed by atoms with Crippen LogP contribution in [-0.4, -0.2) is 24.9 Å². The van der Waals surface area contributed by atoms with Crippen molar-refractivity contribution < 1.29 is 0 Å². The van der Waals surface area contributed by atoms with Gasteiger partial charge < -0.3 is 9.97 Å². The first-order chi connectivity index (χ1) is 12.7. The van der Waals surface area contributed by atoms with Gasteiger partial charge in [-0.15, -0.1) is 0 Å². The molecule has 2 N–H and O–H groups in total. The summed E-state index contributed by atoms with van der Waals surface area (Å²) < 4.78 is 0. The van der Waals surface area contributed by atoms with E-state index in [0.717, 1.165) is 39.5 Å². The lowest BCUT2D eigenvalue weighted by Crippen LogP contribution is -1.82. The summed E-state index contributed by atoms with van der Waals surface area (Å²) in [5.41, 5.74) is 7.90. The van der Waals surface area contributed by atoms with Gasteiger partial charge in [0.1, 0.15) is 22.7 Å². The van der Waals surface area contributed by atoms with Gasteiger partial charge in [0, 0.05) is 5.56 Å². The standard InChI is InChI=1S/C21H17N5/c1-12-3-5-14(6-4-12)15-7-9-16(10-8-15)19-24-18-11-17-20(23-13(2)22-17)26-21(18)25-19/h3-11H,1-2H3,(H2,22,23,24,25,26). The Morgan fingerprint density at radius 3 is 1.92 bits per heavy atom. The quantitative estimate of drug-likeness (QED) is 0.486. The van der Waals surface area contributed by atoms with Crippen LogP contribution in [0.1, 0.15) is 11.4 Å². The van der Waals surface area contributed by atoms with Crippen LogP contribution in [-0.2, 0) is 0 Å². The third kappa shape index (κ3) is 2.45. The maximum atomic E-state index is 4.68. The molecule has 0 amide bonds. The van der Waals surface area contributed by atoms with Gasteiger partial charge in [0.05, 0.1) is 0 Å². The van der Waals surface area contributed by atoms with E-state index in [1.165, 1.54) is 16.7 Å². The lowest BCUT2D eigenvalue weighted by molar-refractivity contribution is 1.16. The zero-order chi connectivity index (χ0) is 17.7. The van der Waals surface area contributed by atoms with Crippen LogP contribution < -0.4 is 0 Å². The van der Waals surface area contributed by atoms with Gasteiger partial charge in [0.2, 0.25) is 0 Å². The molecular formula is C21H17N5. The number of nitrogens with zero attached hydrogens (tertiary/aromatic N) is 3. The molecule has 0 saturated carbocycles. The van der Waals surface area contributed by atoms with Gasteiger partial charge in [-0.25, -0.2) is 15.0 Å². The number of benzene rings is 2. The van der Waals surface area contributed by atoms with Crippen LogP contribution >= 0.6 is 0 Å². The summed E-state index contributed by atoms with van der Waals surface area (Å²) in [5, 5.41) is 0. The van der Waals surface area contributed by atoms with Gasteiger partial charge in [-0.1, -0.05) is 54.1 Å². The van der Waals surface area contributed by atoms with Gasteiger partial charge in [-0.3, -0.25) is 0 Å². The van der Waals surface area contributed by atoms with Crippen LogP contribution in [0, 0.1) is 13.8 Å². The van der Waals surface area contributed by atoms with Gasteiger partial charge >= 0.3 is 0 Å². The normalized spacial score (nSPS) is 11.5. The SMILES string of the molecule is Cc1ccc(-c2ccc(-c3nc4cc5nc(C)[nH]c5nc4[nH]3)cc2)cc1. The molecule has 0 saturated heterocycles. The molecule has 2 aromatic carbocycles. The molecule has 0 atom stereocenters. The molecule has 5 aromatic rings. The number of aromatic amines is 2. The van der Waals surface area contributed by atoms with Gasteiger partial charge in [-0.05, 0) is 31.0 Å². The van der Waals surface area contributed by atoms with E-state index in [9.17, 15) is 0 Å². The van der Waals surface area contributed by atoms with Crippen molar-refractivity contribution >= 4 is 22.3 Å². The molecule has 3 aromatic heterocycles. The molecule has 5 nitrogen and oxygen atoms in total. The topological polar surface area (TPSA) is 70.2 Å². The monoisotopic (exact) mass is 339 g/mol. The molecule has 26 heavy (non-hydrogen) atoms. The first-order valence-electron chi connectivity index (χ1n) is 8.56. The van der Waals surface area contributed by atoms with E-state index in [2.05, 4.69) is 80.4 Å². The summed E-state index contributed by atoms with van der Waals surface area (Å²) in [6.45, 7) is 4.02. The summed E-state index contributed by atoms with van der Waals surface area (Å²) in [6.07, 6.45) is 0. The molecule has 0 unspecified atom stereocenters. The van der Waals surface area contributed by atoms with Crippen LogP contribution in [0.2, 0.25) is 0 Å². The molecule has 126 valence electrons. The fourth-order valence-corrected chi connectivity index (χ4v) is 3.19. The van der Waals surface area contributed by atoms with E-state index in [0.29, 0.717) is 0 Å². The average Bonchev–Trinajstić information content (AvgIpc) is 3.21. The minimum atomic E-state index is 0.763. The number of fused-ring (bicyclic) bond motifs is 2. The third-order valence-electron chi connectivity index (χ3n) is 4.58. The summed E-state index contributed by atoms with van der Waals surface area (Å²) in [5.74, 6) is 1.67. The second kappa shape index (κ2) is 5.52. The predicted molar refractivity (Wildman–Crippen MR) is 104 cm³/mol. The summed E-state index contributed by atoms with van der Waals surface area (Å²) in [4.78, 5) is 20.2. The molecule has 0 aliphatic heterocycles. The number of hydrogen-bond acceptors (Lipinski definition) is 3. The molecule has 5 heteroatoms. The maximum absolute atomic E-state index is 4.68. The summed E-state index contributed by atoms with van der Waals surface area (Å²) in [6, 6.07) is 18.9. The molecule has 0 aliphatic carbocycles. The minimum Gasteiger partial charge on any atom is -0.327 e. The second-order valence-corrected chi connectivity index (χ2v) is 6.57. The Hall–Kier alpha value is -3.47. The maximum Gasteiger partial charge on any atom is 0.160 e. The number of imidazole rings is 2. The van der Waals surface area contributed by atoms with E-state index in [1.807, 2.05) is 13.0 Å². The highest BCUT2D eigenvalue weighted by atomic mass is 15.0. The number of H-pyrrole nitrogens is 2. The van der Waals surface area contributed by atoms with Crippen molar-refractivity contribution in [1.29, 1.82) is 0 Å². The van der Waals surface area contributed by atoms with Crippen molar-refractivity contribution in [1.82, 2.24) is 24.9 Å². The average molecular weight is 339 g/mol. The fraction of sp³-hybridized carbons (Fsp3) is 0.0952. The summed E-state index contributed by atoms with van der Waals surface area (Å²) >= 11 is 0. The molecule has 0 aliphatic rings. The van der Waals surface area contributed by atoms with E-state index < -0.39 is 0 Å². The van der Waals surface area contributed by atoms with Crippen LogP contribution in [0.25, 0.3) is 44.8 Å². The Kier molecular flexibility index (Phi) is 3.15. The first-order valence-corrected chi connectivity index (χ1v) is 8.56. The third-order valence-corrected chi connectivity index (χ3v) is 4.58. The minimum absolute atomic E-state index is 0.763. The van der Waals surface area contributed by atoms with Gasteiger partial charge in [0.25, 0.3) is 0 Å². The van der Waals surface area contributed by atoms with Crippen molar-refractivity contribution in [3.63, 3.8) is 0 Å². The Labute approximate surface area is 150 Å². The lowest BCUT2D eigenvalue weighted by Gasteiger charge is -2.03. The van der Waals surface area contributed by atoms with Crippen LogP contribution in [0.15, 0.2) is 54.6 Å². The molecule has 0 bridgehead atoms. The van der Waals surface area contributed by atoms with E-state index >= 15 is 0 Å². The van der Waals surface area contributed by atoms with E-state index in [1.54, 1.807) is 0 Å². The van der Waals surface area contributed by atoms with E-state index in [-0.39, 0.29) is 0 Å². The number of hydrogen-bond donors (Lipinski definition) is 2. The molecule has 0 spiro atoms. The number of pyridine rings is 1. The number of aromatic nitrogens is 5. The van der Waals surface area contributed by atoms with Gasteiger partial charge in [-0.2, -0.15) is 0 Å². The molecule has 0 fully saturated rings. The Balaban J connectivity index is 1.53. The molecular weight excluding hydrogens is 322 g/mol. The lowest BCUT2D eigenvalue weighted by atomic mass is 10.0.